The van der Waals surface area contributed by atoms with E-state index in [9.17, 15) is 23.1 Å². The van der Waals surface area contributed by atoms with Crippen LogP contribution in [0.4, 0.5) is 13.2 Å². The van der Waals surface area contributed by atoms with Crippen LogP contribution in [0.15, 0.2) is 12.1 Å². The summed E-state index contributed by atoms with van der Waals surface area (Å²) in [6, 6.07) is 3.93. The number of hydrogen-bond donors (Lipinski definition) is 2. The van der Waals surface area contributed by atoms with Crippen LogP contribution in [0, 0.1) is 6.92 Å². The molecular weight excluding hydrogens is 349 g/mol. The maximum atomic E-state index is 13.0. The van der Waals surface area contributed by atoms with Crippen LogP contribution in [-0.2, 0) is 22.5 Å². The first-order valence-corrected chi connectivity index (χ1v) is 8.63. The van der Waals surface area contributed by atoms with E-state index in [1.54, 1.807) is 0 Å². The number of benzene rings is 1. The summed E-state index contributed by atoms with van der Waals surface area (Å²) < 4.78 is 44.6. The Kier molecular flexibility index (Phi) is 5.02. The number of carbonyl (C=O) groups is 1. The summed E-state index contributed by atoms with van der Waals surface area (Å²) in [5, 5.41) is 13.1. The molecule has 0 aromatic heterocycles. The zero-order valence-electron chi connectivity index (χ0n) is 14.8. The third-order valence-electron chi connectivity index (χ3n) is 5.07. The van der Waals surface area contributed by atoms with Gasteiger partial charge in [-0.1, -0.05) is 17.7 Å². The number of fused-ring (bicyclic) bond motifs is 1. The summed E-state index contributed by atoms with van der Waals surface area (Å²) in [5.41, 5.74) is 0.498. The number of aryl methyl sites for hydroxylation is 1. The number of carbonyl (C=O) groups excluding carboxylic acids is 1. The van der Waals surface area contributed by atoms with Crippen molar-refractivity contribution in [2.45, 2.75) is 44.6 Å². The van der Waals surface area contributed by atoms with Gasteiger partial charge in [-0.05, 0) is 37.0 Å². The van der Waals surface area contributed by atoms with Gasteiger partial charge in [-0.2, -0.15) is 13.2 Å². The zero-order chi connectivity index (χ0) is 19.1. The zero-order valence-corrected chi connectivity index (χ0v) is 14.8. The van der Waals surface area contributed by atoms with Crippen LogP contribution >= 0.6 is 0 Å². The molecule has 1 amide bonds. The molecule has 26 heavy (non-hydrogen) atoms. The maximum absolute atomic E-state index is 13.0. The minimum Gasteiger partial charge on any atom is -0.378 e. The van der Waals surface area contributed by atoms with E-state index in [1.165, 1.54) is 0 Å². The smallest absolute Gasteiger partial charge is 0.378 e. The molecule has 5 nitrogen and oxygen atoms in total. The second-order valence-corrected chi connectivity index (χ2v) is 7.12. The summed E-state index contributed by atoms with van der Waals surface area (Å²) >= 11 is 0. The van der Waals surface area contributed by atoms with E-state index in [-0.39, 0.29) is 19.1 Å². The van der Waals surface area contributed by atoms with Gasteiger partial charge in [0.05, 0.1) is 19.3 Å². The van der Waals surface area contributed by atoms with Gasteiger partial charge >= 0.3 is 6.18 Å². The summed E-state index contributed by atoms with van der Waals surface area (Å²) in [6.45, 7) is 4.47. The van der Waals surface area contributed by atoms with E-state index < -0.39 is 17.7 Å². The Morgan fingerprint density at radius 2 is 2.12 bits per heavy atom. The number of aliphatic hydroxyl groups is 1. The van der Waals surface area contributed by atoms with Crippen LogP contribution in [0.5, 0.6) is 0 Å². The van der Waals surface area contributed by atoms with Gasteiger partial charge in [0, 0.05) is 19.6 Å². The topological polar surface area (TPSA) is 61.8 Å². The van der Waals surface area contributed by atoms with Crippen molar-refractivity contribution in [2.75, 3.05) is 26.3 Å². The number of halogens is 3. The molecule has 1 aromatic rings. The highest BCUT2D eigenvalue weighted by Gasteiger charge is 2.57. The van der Waals surface area contributed by atoms with Crippen molar-refractivity contribution < 1.29 is 27.8 Å². The molecule has 2 heterocycles. The number of alkyl halides is 3. The standard InChI is InChI=1S/C18H23F3N2O3/c1-11-7-12-3-5-23(16(24)17(2,25)18(19,20)21)9-14(12)13(8-11)15-10-26-6-4-22-15/h7-8,15,22,25H,3-6,9-10H2,1-2H3/t15-,17+/m1/s1. The first kappa shape index (κ1) is 19.1. The number of amides is 1. The molecule has 2 atom stereocenters. The lowest BCUT2D eigenvalue weighted by Gasteiger charge is -2.37. The largest absolute Gasteiger partial charge is 0.426 e. The highest BCUT2D eigenvalue weighted by atomic mass is 19.4. The first-order valence-electron chi connectivity index (χ1n) is 8.63. The molecule has 2 N–H and O–H groups in total. The van der Waals surface area contributed by atoms with Crippen molar-refractivity contribution in [1.82, 2.24) is 10.2 Å². The fourth-order valence-electron chi connectivity index (χ4n) is 3.54. The second-order valence-electron chi connectivity index (χ2n) is 7.12. The average molecular weight is 372 g/mol. The lowest BCUT2D eigenvalue weighted by Crippen LogP contribution is -2.56. The van der Waals surface area contributed by atoms with Crippen molar-refractivity contribution in [3.05, 3.63) is 34.4 Å². The average Bonchev–Trinajstić information content (AvgIpc) is 2.59. The molecular formula is C18H23F3N2O3. The molecule has 1 saturated heterocycles. The van der Waals surface area contributed by atoms with Crippen molar-refractivity contribution >= 4 is 5.91 Å². The Bertz CT molecular complexity index is 698. The second kappa shape index (κ2) is 6.83. The summed E-state index contributed by atoms with van der Waals surface area (Å²) in [7, 11) is 0. The third-order valence-corrected chi connectivity index (χ3v) is 5.07. The molecule has 2 aliphatic rings. The number of nitrogens with one attached hydrogen (secondary N) is 1. The first-order chi connectivity index (χ1) is 12.1. The lowest BCUT2D eigenvalue weighted by molar-refractivity contribution is -0.250. The molecule has 0 spiro atoms. The summed E-state index contributed by atoms with van der Waals surface area (Å²) in [4.78, 5) is 13.4. The molecule has 144 valence electrons. The Balaban J connectivity index is 1.91. The monoisotopic (exact) mass is 372 g/mol. The van der Waals surface area contributed by atoms with Gasteiger partial charge in [-0.3, -0.25) is 4.79 Å². The highest BCUT2D eigenvalue weighted by molar-refractivity contribution is 5.85. The van der Waals surface area contributed by atoms with Crippen LogP contribution < -0.4 is 5.32 Å². The van der Waals surface area contributed by atoms with Gasteiger partial charge in [0.25, 0.3) is 5.91 Å². The maximum Gasteiger partial charge on any atom is 0.426 e. The lowest BCUT2D eigenvalue weighted by atomic mass is 9.88. The van der Waals surface area contributed by atoms with E-state index in [0.717, 1.165) is 27.2 Å². The fraction of sp³-hybridized carbons (Fsp3) is 0.611. The third kappa shape index (κ3) is 3.45. The van der Waals surface area contributed by atoms with Crippen molar-refractivity contribution in [1.29, 1.82) is 0 Å². The van der Waals surface area contributed by atoms with Gasteiger partial charge in [0.1, 0.15) is 0 Å². The number of rotatable bonds is 2. The Morgan fingerprint density at radius 3 is 2.73 bits per heavy atom. The van der Waals surface area contributed by atoms with E-state index in [0.29, 0.717) is 33.1 Å². The molecule has 0 unspecified atom stereocenters. The summed E-state index contributed by atoms with van der Waals surface area (Å²) in [6.07, 6.45) is -4.56. The minimum absolute atomic E-state index is 0.0498. The summed E-state index contributed by atoms with van der Waals surface area (Å²) in [5.74, 6) is -1.31. The van der Waals surface area contributed by atoms with Crippen molar-refractivity contribution in [2.24, 2.45) is 0 Å². The molecule has 1 aromatic carbocycles. The van der Waals surface area contributed by atoms with Crippen molar-refractivity contribution in [3.8, 4) is 0 Å². The van der Waals surface area contributed by atoms with Crippen LogP contribution in [0.1, 0.15) is 35.2 Å². The normalized spacial score (nSPS) is 23.3. The minimum atomic E-state index is -5.01. The van der Waals surface area contributed by atoms with Gasteiger partial charge in [-0.25, -0.2) is 0 Å². The van der Waals surface area contributed by atoms with Crippen LogP contribution in [0.3, 0.4) is 0 Å². The number of hydrogen-bond acceptors (Lipinski definition) is 4. The van der Waals surface area contributed by atoms with Crippen molar-refractivity contribution in [3.63, 3.8) is 0 Å². The van der Waals surface area contributed by atoms with Gasteiger partial charge < -0.3 is 20.1 Å². The highest BCUT2D eigenvalue weighted by Crippen LogP contribution is 2.35. The molecule has 3 rings (SSSR count). The number of ether oxygens (including phenoxy) is 1. The van der Waals surface area contributed by atoms with Gasteiger partial charge in [-0.15, -0.1) is 0 Å². The van der Waals surface area contributed by atoms with E-state index in [2.05, 4.69) is 5.32 Å². The molecule has 8 heteroatoms. The van der Waals surface area contributed by atoms with E-state index in [1.807, 2.05) is 19.1 Å². The van der Waals surface area contributed by atoms with Gasteiger partial charge in [0.2, 0.25) is 5.60 Å². The predicted octanol–water partition coefficient (Wildman–Crippen LogP) is 1.85. The van der Waals surface area contributed by atoms with E-state index in [4.69, 9.17) is 4.74 Å². The van der Waals surface area contributed by atoms with Gasteiger partial charge in [0.15, 0.2) is 0 Å². The quantitative estimate of drug-likeness (QED) is 0.832. The number of morpholine rings is 1. The molecule has 2 aliphatic heterocycles. The van der Waals surface area contributed by atoms with E-state index >= 15 is 0 Å². The van der Waals surface area contributed by atoms with Crippen LogP contribution in [0.25, 0.3) is 0 Å². The Morgan fingerprint density at radius 1 is 1.38 bits per heavy atom. The molecule has 0 bridgehead atoms. The SMILES string of the molecule is Cc1cc2c(c([C@H]3COCCN3)c1)CN(C(=O)[C@](C)(O)C(F)(F)F)CC2. The molecule has 0 radical (unpaired) electrons. The predicted molar refractivity (Wildman–Crippen MR) is 88.5 cm³/mol. The number of nitrogens with zero attached hydrogens (tertiary/aromatic N) is 1. The van der Waals surface area contributed by atoms with Crippen LogP contribution in [-0.4, -0.2) is 54.0 Å². The van der Waals surface area contributed by atoms with Crippen LogP contribution in [0.2, 0.25) is 0 Å². The molecule has 0 aliphatic carbocycles. The Hall–Kier alpha value is -1.64. The molecule has 1 fully saturated rings. The Labute approximate surface area is 150 Å². The fourth-order valence-corrected chi connectivity index (χ4v) is 3.54. The molecule has 0 saturated carbocycles.